The highest BCUT2D eigenvalue weighted by Gasteiger charge is 2.43. The van der Waals surface area contributed by atoms with Gasteiger partial charge in [-0.1, -0.05) is 0 Å². The van der Waals surface area contributed by atoms with Crippen molar-refractivity contribution in [1.82, 2.24) is 0 Å². The normalized spacial score (nSPS) is 20.1. The molecule has 0 aromatic rings. The van der Waals surface area contributed by atoms with Crippen LogP contribution in [0, 0.1) is 5.41 Å². The van der Waals surface area contributed by atoms with Crippen LogP contribution in [0.2, 0.25) is 0 Å². The van der Waals surface area contributed by atoms with Crippen LogP contribution in [-0.4, -0.2) is 30.9 Å². The highest BCUT2D eigenvalue weighted by Crippen LogP contribution is 2.26. The van der Waals surface area contributed by atoms with Crippen molar-refractivity contribution < 1.29 is 23.8 Å². The lowest BCUT2D eigenvalue weighted by Crippen LogP contribution is -2.46. The Labute approximate surface area is 88.7 Å². The molecule has 0 atom stereocenters. The van der Waals surface area contributed by atoms with Crippen molar-refractivity contribution in [2.75, 3.05) is 13.2 Å². The second-order valence-electron chi connectivity index (χ2n) is 4.89. The summed E-state index contributed by atoms with van der Waals surface area (Å²) in [5, 5.41) is 0. The summed E-state index contributed by atoms with van der Waals surface area (Å²) >= 11 is 0. The zero-order chi connectivity index (χ0) is 11.7. The summed E-state index contributed by atoms with van der Waals surface area (Å²) in [4.78, 5) is 22.4. The molecule has 5 nitrogen and oxygen atoms in total. The van der Waals surface area contributed by atoms with Crippen molar-refractivity contribution in [3.05, 3.63) is 0 Å². The molecule has 0 spiro atoms. The molecular formula is C10H16O5. The van der Waals surface area contributed by atoms with Gasteiger partial charge in [-0.25, -0.2) is 4.79 Å². The van der Waals surface area contributed by atoms with E-state index in [1.807, 2.05) is 0 Å². The predicted molar refractivity (Wildman–Crippen MR) is 51.3 cm³/mol. The van der Waals surface area contributed by atoms with E-state index in [4.69, 9.17) is 4.74 Å². The maximum absolute atomic E-state index is 11.7. The van der Waals surface area contributed by atoms with Crippen LogP contribution >= 0.6 is 0 Å². The van der Waals surface area contributed by atoms with E-state index in [9.17, 15) is 9.59 Å². The third kappa shape index (κ3) is 3.11. The summed E-state index contributed by atoms with van der Waals surface area (Å²) in [6.07, 6.45) is -0.740. The molecule has 1 aliphatic rings. The lowest BCUT2D eigenvalue weighted by atomic mass is 9.92. The van der Waals surface area contributed by atoms with E-state index >= 15 is 0 Å². The molecule has 0 bridgehead atoms. The second kappa shape index (κ2) is 3.72. The molecule has 1 saturated heterocycles. The van der Waals surface area contributed by atoms with Crippen LogP contribution in [0.15, 0.2) is 0 Å². The molecule has 0 N–H and O–H groups in total. The number of cyclic esters (lactones) is 2. The van der Waals surface area contributed by atoms with Gasteiger partial charge in [0.15, 0.2) is 0 Å². The number of carbonyl (C=O) groups is 2. The van der Waals surface area contributed by atoms with Gasteiger partial charge in [-0.15, -0.1) is 0 Å². The number of carbonyl (C=O) groups excluding carboxylic acids is 2. The summed E-state index contributed by atoms with van der Waals surface area (Å²) in [5.41, 5.74) is -1.46. The Hall–Kier alpha value is -1.26. The van der Waals surface area contributed by atoms with E-state index in [1.54, 1.807) is 27.7 Å². The molecule has 86 valence electrons. The first-order valence-electron chi connectivity index (χ1n) is 4.76. The maximum atomic E-state index is 11.7. The van der Waals surface area contributed by atoms with Gasteiger partial charge in [0.2, 0.25) is 0 Å². The summed E-state index contributed by atoms with van der Waals surface area (Å²) in [6.45, 7) is 6.99. The monoisotopic (exact) mass is 216 g/mol. The van der Waals surface area contributed by atoms with Gasteiger partial charge in [-0.05, 0) is 27.7 Å². The van der Waals surface area contributed by atoms with Gasteiger partial charge in [0.1, 0.15) is 24.2 Å². The second-order valence-corrected chi connectivity index (χ2v) is 4.89. The fraction of sp³-hybridized carbons (Fsp3) is 0.800. The van der Waals surface area contributed by atoms with Gasteiger partial charge in [-0.2, -0.15) is 0 Å². The Balaban J connectivity index is 2.62. The average Bonchev–Trinajstić information content (AvgIpc) is 2.07. The Kier molecular flexibility index (Phi) is 2.93. The SMILES string of the molecule is CC(C)(C)OC(=O)C1(C)COC(=O)OC1. The molecule has 1 fully saturated rings. The third-order valence-corrected chi connectivity index (χ3v) is 1.91. The zero-order valence-electron chi connectivity index (χ0n) is 9.46. The molecule has 15 heavy (non-hydrogen) atoms. The van der Waals surface area contributed by atoms with Gasteiger partial charge < -0.3 is 14.2 Å². The van der Waals surface area contributed by atoms with Crippen LogP contribution in [0.5, 0.6) is 0 Å². The Morgan fingerprint density at radius 2 is 1.80 bits per heavy atom. The molecule has 0 aromatic carbocycles. The number of rotatable bonds is 1. The topological polar surface area (TPSA) is 61.8 Å². The van der Waals surface area contributed by atoms with E-state index in [2.05, 4.69) is 9.47 Å². The Morgan fingerprint density at radius 1 is 1.33 bits per heavy atom. The molecule has 1 heterocycles. The van der Waals surface area contributed by atoms with Crippen LogP contribution in [-0.2, 0) is 19.0 Å². The molecule has 0 amide bonds. The van der Waals surface area contributed by atoms with Crippen LogP contribution in [0.4, 0.5) is 4.79 Å². The van der Waals surface area contributed by atoms with Crippen molar-refractivity contribution in [2.45, 2.75) is 33.3 Å². The zero-order valence-corrected chi connectivity index (χ0v) is 9.46. The molecule has 5 heteroatoms. The van der Waals surface area contributed by atoms with Crippen LogP contribution < -0.4 is 0 Å². The summed E-state index contributed by atoms with van der Waals surface area (Å²) in [5.74, 6) is -0.414. The van der Waals surface area contributed by atoms with Gasteiger partial charge in [0.05, 0.1) is 0 Å². The lowest BCUT2D eigenvalue weighted by molar-refractivity contribution is -0.177. The first-order valence-corrected chi connectivity index (χ1v) is 4.76. The minimum Gasteiger partial charge on any atom is -0.459 e. The lowest BCUT2D eigenvalue weighted by Gasteiger charge is -2.32. The number of esters is 1. The molecular weight excluding hydrogens is 200 g/mol. The third-order valence-electron chi connectivity index (χ3n) is 1.91. The minimum absolute atomic E-state index is 0.000741. The fourth-order valence-electron chi connectivity index (χ4n) is 1.04. The largest absolute Gasteiger partial charge is 0.508 e. The minimum atomic E-state index is -0.902. The van der Waals surface area contributed by atoms with Crippen molar-refractivity contribution in [1.29, 1.82) is 0 Å². The van der Waals surface area contributed by atoms with Gasteiger partial charge in [-0.3, -0.25) is 4.79 Å². The van der Waals surface area contributed by atoms with Crippen LogP contribution in [0.3, 0.4) is 0 Å². The average molecular weight is 216 g/mol. The summed E-state index contributed by atoms with van der Waals surface area (Å²) in [6, 6.07) is 0. The fourth-order valence-corrected chi connectivity index (χ4v) is 1.04. The van der Waals surface area contributed by atoms with Gasteiger partial charge >= 0.3 is 12.1 Å². The quantitative estimate of drug-likeness (QED) is 0.621. The molecule has 0 radical (unpaired) electrons. The molecule has 0 aromatic heterocycles. The van der Waals surface area contributed by atoms with E-state index < -0.39 is 23.1 Å². The maximum Gasteiger partial charge on any atom is 0.508 e. The highest BCUT2D eigenvalue weighted by molar-refractivity contribution is 5.78. The van der Waals surface area contributed by atoms with Crippen molar-refractivity contribution >= 4 is 12.1 Å². The van der Waals surface area contributed by atoms with E-state index in [0.29, 0.717) is 0 Å². The van der Waals surface area contributed by atoms with Gasteiger partial charge in [0.25, 0.3) is 0 Å². The first kappa shape index (κ1) is 11.8. The van der Waals surface area contributed by atoms with Crippen LogP contribution in [0.1, 0.15) is 27.7 Å². The summed E-state index contributed by atoms with van der Waals surface area (Å²) < 4.78 is 14.5. The molecule has 0 aliphatic carbocycles. The van der Waals surface area contributed by atoms with Crippen LogP contribution in [0.25, 0.3) is 0 Å². The smallest absolute Gasteiger partial charge is 0.459 e. The number of hydrogen-bond acceptors (Lipinski definition) is 5. The van der Waals surface area contributed by atoms with E-state index in [-0.39, 0.29) is 13.2 Å². The number of hydrogen-bond donors (Lipinski definition) is 0. The van der Waals surface area contributed by atoms with Gasteiger partial charge in [0, 0.05) is 0 Å². The molecule has 1 rings (SSSR count). The van der Waals surface area contributed by atoms with E-state index in [0.717, 1.165) is 0 Å². The van der Waals surface area contributed by atoms with E-state index in [1.165, 1.54) is 0 Å². The molecule has 0 saturated carbocycles. The van der Waals surface area contributed by atoms with Crippen molar-refractivity contribution in [3.63, 3.8) is 0 Å². The standard InChI is InChI=1S/C10H16O5/c1-9(2,3)15-7(11)10(4)5-13-8(12)14-6-10/h5-6H2,1-4H3. The Morgan fingerprint density at radius 3 is 2.20 bits per heavy atom. The number of ether oxygens (including phenoxy) is 3. The molecule has 0 unspecified atom stereocenters. The molecule has 1 aliphatic heterocycles. The highest BCUT2D eigenvalue weighted by atomic mass is 16.7. The first-order chi connectivity index (χ1) is 6.73. The Bertz CT molecular complexity index is 266. The van der Waals surface area contributed by atoms with Crippen molar-refractivity contribution in [3.8, 4) is 0 Å². The summed E-state index contributed by atoms with van der Waals surface area (Å²) in [7, 11) is 0. The van der Waals surface area contributed by atoms with Crippen molar-refractivity contribution in [2.24, 2.45) is 5.41 Å². The predicted octanol–water partition coefficient (Wildman–Crippen LogP) is 1.50.